The predicted octanol–water partition coefficient (Wildman–Crippen LogP) is 3.52. The molecule has 1 aromatic carbocycles. The van der Waals surface area contributed by atoms with Crippen molar-refractivity contribution in [2.45, 2.75) is 65.7 Å². The van der Waals surface area contributed by atoms with E-state index in [1.54, 1.807) is 0 Å². The molecule has 4 nitrogen and oxygen atoms in total. The number of ether oxygens (including phenoxy) is 1. The maximum atomic E-state index is 12.7. The molecule has 1 unspecified atom stereocenters. The van der Waals surface area contributed by atoms with E-state index in [1.807, 2.05) is 39.0 Å². The van der Waals surface area contributed by atoms with Crippen LogP contribution < -0.4 is 5.32 Å². The number of benzene rings is 1. The van der Waals surface area contributed by atoms with E-state index in [2.05, 4.69) is 37.9 Å². The van der Waals surface area contributed by atoms with Crippen LogP contribution in [0.5, 0.6) is 0 Å². The quantitative estimate of drug-likeness (QED) is 0.927. The lowest BCUT2D eigenvalue weighted by atomic mass is 9.97. The SMILES string of the molecule is Cc1cccc(C)c1NC(=O)C(C)N1CC(C)(C)OC(C)(C)C1. The number of hydrogen-bond donors (Lipinski definition) is 1. The first kappa shape index (κ1) is 18.0. The van der Waals surface area contributed by atoms with Crippen molar-refractivity contribution in [1.82, 2.24) is 4.90 Å². The van der Waals surface area contributed by atoms with Gasteiger partial charge in [0, 0.05) is 18.8 Å². The number of carbonyl (C=O) groups excluding carboxylic acids is 1. The van der Waals surface area contributed by atoms with Gasteiger partial charge in [0.2, 0.25) is 5.91 Å². The van der Waals surface area contributed by atoms with Crippen LogP contribution in [0.2, 0.25) is 0 Å². The van der Waals surface area contributed by atoms with Crippen molar-refractivity contribution in [3.05, 3.63) is 29.3 Å². The Hall–Kier alpha value is -1.39. The lowest BCUT2D eigenvalue weighted by Crippen LogP contribution is -2.61. The maximum absolute atomic E-state index is 12.7. The topological polar surface area (TPSA) is 41.6 Å². The molecule has 0 bridgehead atoms. The number of anilines is 1. The van der Waals surface area contributed by atoms with Gasteiger partial charge in [0.05, 0.1) is 17.2 Å². The van der Waals surface area contributed by atoms with Gasteiger partial charge in [-0.1, -0.05) is 18.2 Å². The molecule has 1 N–H and O–H groups in total. The fraction of sp³-hybridized carbons (Fsp3) is 0.632. The summed E-state index contributed by atoms with van der Waals surface area (Å²) in [5.74, 6) is 0.0379. The van der Waals surface area contributed by atoms with Crippen LogP contribution in [-0.4, -0.2) is 41.1 Å². The molecule has 128 valence electrons. The fourth-order valence-electron chi connectivity index (χ4n) is 3.53. The standard InChI is InChI=1S/C19H30N2O2/c1-13-9-8-10-14(2)16(13)20-17(22)15(3)21-11-18(4,5)23-19(6,7)12-21/h8-10,15H,11-12H2,1-7H3,(H,20,22). The number of amides is 1. The molecule has 4 heteroatoms. The third-order valence-corrected chi connectivity index (χ3v) is 4.38. The van der Waals surface area contributed by atoms with Crippen molar-refractivity contribution in [2.75, 3.05) is 18.4 Å². The summed E-state index contributed by atoms with van der Waals surface area (Å²) in [4.78, 5) is 15.0. The molecule has 1 atom stereocenters. The monoisotopic (exact) mass is 318 g/mol. The number of nitrogens with zero attached hydrogens (tertiary/aromatic N) is 1. The molecule has 0 spiro atoms. The highest BCUT2D eigenvalue weighted by Crippen LogP contribution is 2.29. The molecule has 0 aliphatic carbocycles. The van der Waals surface area contributed by atoms with Gasteiger partial charge in [-0.05, 0) is 59.6 Å². The van der Waals surface area contributed by atoms with Gasteiger partial charge in [-0.25, -0.2) is 0 Å². The minimum absolute atomic E-state index is 0.0379. The van der Waals surface area contributed by atoms with Gasteiger partial charge >= 0.3 is 0 Å². The highest BCUT2D eigenvalue weighted by molar-refractivity contribution is 5.95. The highest BCUT2D eigenvalue weighted by Gasteiger charge is 2.41. The number of aryl methyl sites for hydroxylation is 2. The summed E-state index contributed by atoms with van der Waals surface area (Å²) < 4.78 is 6.10. The van der Waals surface area contributed by atoms with Crippen LogP contribution >= 0.6 is 0 Å². The summed E-state index contributed by atoms with van der Waals surface area (Å²) in [6.45, 7) is 15.8. The third-order valence-electron chi connectivity index (χ3n) is 4.38. The number of morpholine rings is 1. The first-order valence-electron chi connectivity index (χ1n) is 8.32. The van der Waals surface area contributed by atoms with Crippen molar-refractivity contribution in [1.29, 1.82) is 0 Å². The maximum Gasteiger partial charge on any atom is 0.241 e. The van der Waals surface area contributed by atoms with Gasteiger partial charge in [-0.2, -0.15) is 0 Å². The fourth-order valence-corrected chi connectivity index (χ4v) is 3.53. The van der Waals surface area contributed by atoms with Crippen LogP contribution in [0, 0.1) is 13.8 Å². The lowest BCUT2D eigenvalue weighted by molar-refractivity contribution is -0.187. The Kier molecular flexibility index (Phi) is 4.88. The van der Waals surface area contributed by atoms with Crippen molar-refractivity contribution in [2.24, 2.45) is 0 Å². The number of para-hydroxylation sites is 1. The molecular formula is C19H30N2O2. The molecule has 0 saturated carbocycles. The summed E-state index contributed by atoms with van der Waals surface area (Å²) in [6.07, 6.45) is 0. The van der Waals surface area contributed by atoms with Gasteiger partial charge in [0.1, 0.15) is 0 Å². The third kappa shape index (κ3) is 4.33. The van der Waals surface area contributed by atoms with Crippen LogP contribution in [0.15, 0.2) is 18.2 Å². The van der Waals surface area contributed by atoms with E-state index in [-0.39, 0.29) is 23.2 Å². The molecule has 0 radical (unpaired) electrons. The molecule has 1 amide bonds. The first-order chi connectivity index (χ1) is 10.5. The summed E-state index contributed by atoms with van der Waals surface area (Å²) in [6, 6.07) is 5.86. The Morgan fingerprint density at radius 3 is 2.09 bits per heavy atom. The van der Waals surface area contributed by atoms with Crippen LogP contribution in [0.3, 0.4) is 0 Å². The van der Waals surface area contributed by atoms with E-state index in [0.717, 1.165) is 29.9 Å². The second-order valence-corrected chi connectivity index (χ2v) is 7.96. The minimum Gasteiger partial charge on any atom is -0.367 e. The molecule has 1 fully saturated rings. The van der Waals surface area contributed by atoms with Gasteiger partial charge in [0.25, 0.3) is 0 Å². The number of hydrogen-bond acceptors (Lipinski definition) is 3. The molecule has 1 aromatic rings. The van der Waals surface area contributed by atoms with E-state index in [0.29, 0.717) is 0 Å². The Morgan fingerprint density at radius 1 is 1.13 bits per heavy atom. The van der Waals surface area contributed by atoms with Crippen LogP contribution in [0.1, 0.15) is 45.7 Å². The zero-order chi connectivity index (χ0) is 17.4. The first-order valence-corrected chi connectivity index (χ1v) is 8.32. The van der Waals surface area contributed by atoms with Crippen LogP contribution in [0.4, 0.5) is 5.69 Å². The van der Waals surface area contributed by atoms with Crippen LogP contribution in [0.25, 0.3) is 0 Å². The van der Waals surface area contributed by atoms with Gasteiger partial charge < -0.3 is 10.1 Å². The van der Waals surface area contributed by atoms with Gasteiger partial charge in [-0.3, -0.25) is 9.69 Å². The highest BCUT2D eigenvalue weighted by atomic mass is 16.5. The molecular weight excluding hydrogens is 288 g/mol. The average Bonchev–Trinajstić information content (AvgIpc) is 2.38. The van der Waals surface area contributed by atoms with E-state index in [4.69, 9.17) is 4.74 Å². The lowest BCUT2D eigenvalue weighted by Gasteiger charge is -2.48. The smallest absolute Gasteiger partial charge is 0.241 e. The van der Waals surface area contributed by atoms with Gasteiger partial charge in [0.15, 0.2) is 0 Å². The zero-order valence-corrected chi connectivity index (χ0v) is 15.5. The van der Waals surface area contributed by atoms with E-state index < -0.39 is 0 Å². The number of rotatable bonds is 3. The van der Waals surface area contributed by atoms with E-state index in [1.165, 1.54) is 0 Å². The largest absolute Gasteiger partial charge is 0.367 e. The molecule has 0 aromatic heterocycles. The van der Waals surface area contributed by atoms with Crippen LogP contribution in [-0.2, 0) is 9.53 Å². The minimum atomic E-state index is -0.255. The summed E-state index contributed by atoms with van der Waals surface area (Å²) in [5.41, 5.74) is 2.60. The normalized spacial score (nSPS) is 21.7. The molecule has 2 rings (SSSR count). The van der Waals surface area contributed by atoms with Crippen molar-refractivity contribution in [3.8, 4) is 0 Å². The Labute approximate surface area is 140 Å². The molecule has 23 heavy (non-hydrogen) atoms. The second-order valence-electron chi connectivity index (χ2n) is 7.96. The molecule has 1 saturated heterocycles. The summed E-state index contributed by atoms with van der Waals surface area (Å²) in [5, 5.41) is 3.11. The van der Waals surface area contributed by atoms with Crippen molar-refractivity contribution in [3.63, 3.8) is 0 Å². The number of carbonyl (C=O) groups is 1. The molecule has 1 aliphatic rings. The van der Waals surface area contributed by atoms with Crippen molar-refractivity contribution < 1.29 is 9.53 Å². The molecule has 1 aliphatic heterocycles. The predicted molar refractivity (Wildman–Crippen MR) is 94.8 cm³/mol. The van der Waals surface area contributed by atoms with E-state index in [9.17, 15) is 4.79 Å². The van der Waals surface area contributed by atoms with Gasteiger partial charge in [-0.15, -0.1) is 0 Å². The summed E-state index contributed by atoms with van der Waals surface area (Å²) >= 11 is 0. The Morgan fingerprint density at radius 2 is 1.61 bits per heavy atom. The Balaban J connectivity index is 2.13. The second kappa shape index (κ2) is 6.25. The number of nitrogens with one attached hydrogen (secondary N) is 1. The average molecular weight is 318 g/mol. The zero-order valence-electron chi connectivity index (χ0n) is 15.5. The Bertz CT molecular complexity index is 557. The molecule has 1 heterocycles. The van der Waals surface area contributed by atoms with Crippen molar-refractivity contribution >= 4 is 11.6 Å². The van der Waals surface area contributed by atoms with E-state index >= 15 is 0 Å². The summed E-state index contributed by atoms with van der Waals surface area (Å²) in [7, 11) is 0.